The van der Waals surface area contributed by atoms with Crippen molar-refractivity contribution in [1.82, 2.24) is 9.97 Å². The summed E-state index contributed by atoms with van der Waals surface area (Å²) >= 11 is 0. The van der Waals surface area contributed by atoms with Crippen molar-refractivity contribution in [1.29, 1.82) is 5.26 Å². The van der Waals surface area contributed by atoms with Crippen LogP contribution in [0.2, 0.25) is 0 Å². The molecule has 0 radical (unpaired) electrons. The Morgan fingerprint density at radius 2 is 1.83 bits per heavy atom. The molecule has 24 heavy (non-hydrogen) atoms. The van der Waals surface area contributed by atoms with E-state index in [0.29, 0.717) is 11.4 Å². The van der Waals surface area contributed by atoms with Crippen LogP contribution in [0.1, 0.15) is 11.4 Å². The van der Waals surface area contributed by atoms with Gasteiger partial charge in [-0.05, 0) is 35.9 Å². The standard InChI is InChI=1S/C17H10F3N3O/c18-17(19,20)24-13-7-5-11(6-8-13)9-12(10-21)16-22-14-3-1-2-4-15(14)23-16/h1-9H,(H,22,23)/b12-9-. The number of hydrogen-bond acceptors (Lipinski definition) is 3. The molecule has 4 nitrogen and oxygen atoms in total. The van der Waals surface area contributed by atoms with Crippen molar-refractivity contribution in [3.63, 3.8) is 0 Å². The van der Waals surface area contributed by atoms with E-state index < -0.39 is 6.36 Å². The number of nitrogens with zero attached hydrogens (tertiary/aromatic N) is 2. The van der Waals surface area contributed by atoms with E-state index in [2.05, 4.69) is 14.7 Å². The van der Waals surface area contributed by atoms with Crippen molar-refractivity contribution in [3.8, 4) is 11.8 Å². The van der Waals surface area contributed by atoms with E-state index in [4.69, 9.17) is 0 Å². The topological polar surface area (TPSA) is 61.7 Å². The molecule has 120 valence electrons. The summed E-state index contributed by atoms with van der Waals surface area (Å²) in [4.78, 5) is 7.36. The van der Waals surface area contributed by atoms with E-state index in [1.54, 1.807) is 0 Å². The van der Waals surface area contributed by atoms with E-state index >= 15 is 0 Å². The fourth-order valence-corrected chi connectivity index (χ4v) is 2.17. The summed E-state index contributed by atoms with van der Waals surface area (Å²) in [6, 6.07) is 14.6. The van der Waals surface area contributed by atoms with E-state index in [9.17, 15) is 18.4 Å². The molecule has 0 saturated heterocycles. The average molecular weight is 329 g/mol. The number of ether oxygens (including phenoxy) is 1. The Hall–Kier alpha value is -3.27. The van der Waals surface area contributed by atoms with Crippen LogP contribution in [0, 0.1) is 11.3 Å². The third kappa shape index (κ3) is 3.55. The Labute approximate surface area is 134 Å². The highest BCUT2D eigenvalue weighted by molar-refractivity contribution is 5.90. The first-order chi connectivity index (χ1) is 11.4. The predicted molar refractivity (Wildman–Crippen MR) is 82.7 cm³/mol. The molecular weight excluding hydrogens is 319 g/mol. The van der Waals surface area contributed by atoms with Crippen LogP contribution in [-0.4, -0.2) is 16.3 Å². The minimum Gasteiger partial charge on any atom is -0.406 e. The van der Waals surface area contributed by atoms with Gasteiger partial charge in [0, 0.05) is 0 Å². The Balaban J connectivity index is 1.89. The summed E-state index contributed by atoms with van der Waals surface area (Å²) in [6.07, 6.45) is -3.20. The zero-order chi connectivity index (χ0) is 17.2. The van der Waals surface area contributed by atoms with E-state index in [0.717, 1.165) is 11.0 Å². The van der Waals surface area contributed by atoms with Gasteiger partial charge in [0.15, 0.2) is 0 Å². The maximum absolute atomic E-state index is 12.1. The van der Waals surface area contributed by atoms with Gasteiger partial charge in [0.1, 0.15) is 17.6 Å². The molecule has 0 saturated carbocycles. The van der Waals surface area contributed by atoms with Crippen molar-refractivity contribution < 1.29 is 17.9 Å². The number of allylic oxidation sites excluding steroid dienone is 1. The normalized spacial score (nSPS) is 12.2. The van der Waals surface area contributed by atoms with Crippen molar-refractivity contribution in [2.75, 3.05) is 0 Å². The van der Waals surface area contributed by atoms with Crippen LogP contribution in [0.3, 0.4) is 0 Å². The van der Waals surface area contributed by atoms with Gasteiger partial charge in [-0.25, -0.2) is 4.98 Å². The number of fused-ring (bicyclic) bond motifs is 1. The summed E-state index contributed by atoms with van der Waals surface area (Å²) in [6.45, 7) is 0. The number of imidazole rings is 1. The van der Waals surface area contributed by atoms with Crippen LogP contribution >= 0.6 is 0 Å². The third-order valence-electron chi connectivity index (χ3n) is 3.19. The molecule has 1 aromatic heterocycles. The largest absolute Gasteiger partial charge is 0.573 e. The van der Waals surface area contributed by atoms with Gasteiger partial charge in [0.05, 0.1) is 16.6 Å². The number of alkyl halides is 3. The number of aromatic amines is 1. The quantitative estimate of drug-likeness (QED) is 0.718. The molecule has 0 aliphatic heterocycles. The highest BCUT2D eigenvalue weighted by Crippen LogP contribution is 2.24. The van der Waals surface area contributed by atoms with Gasteiger partial charge in [-0.1, -0.05) is 24.3 Å². The predicted octanol–water partition coefficient (Wildman–Crippen LogP) is 4.53. The molecule has 3 aromatic rings. The van der Waals surface area contributed by atoms with Gasteiger partial charge in [-0.15, -0.1) is 13.2 Å². The number of benzene rings is 2. The fourth-order valence-electron chi connectivity index (χ4n) is 2.17. The van der Waals surface area contributed by atoms with Crippen LogP contribution in [0.25, 0.3) is 22.7 Å². The Morgan fingerprint density at radius 3 is 2.46 bits per heavy atom. The molecule has 0 aliphatic rings. The second-order valence-corrected chi connectivity index (χ2v) is 4.89. The summed E-state index contributed by atoms with van der Waals surface area (Å²) in [5.41, 5.74) is 2.35. The summed E-state index contributed by atoms with van der Waals surface area (Å²) in [5, 5.41) is 9.32. The number of nitriles is 1. The first kappa shape index (κ1) is 15.6. The Bertz CT molecular complexity index is 901. The molecule has 2 aromatic carbocycles. The average Bonchev–Trinajstić information content (AvgIpc) is 2.96. The number of halogens is 3. The second-order valence-electron chi connectivity index (χ2n) is 4.89. The lowest BCUT2D eigenvalue weighted by molar-refractivity contribution is -0.274. The van der Waals surface area contributed by atoms with Gasteiger partial charge >= 0.3 is 6.36 Å². The molecule has 0 bridgehead atoms. The van der Waals surface area contributed by atoms with Crippen LogP contribution in [0.4, 0.5) is 13.2 Å². The number of hydrogen-bond donors (Lipinski definition) is 1. The molecule has 0 spiro atoms. The summed E-state index contributed by atoms with van der Waals surface area (Å²) in [5.74, 6) is 0.0798. The van der Waals surface area contributed by atoms with Crippen molar-refractivity contribution in [2.45, 2.75) is 6.36 Å². The number of H-pyrrole nitrogens is 1. The van der Waals surface area contributed by atoms with Crippen molar-refractivity contribution >= 4 is 22.7 Å². The van der Waals surface area contributed by atoms with Gasteiger partial charge in [-0.2, -0.15) is 5.26 Å². The number of rotatable bonds is 3. The minimum atomic E-state index is -4.73. The van der Waals surface area contributed by atoms with Gasteiger partial charge in [0.2, 0.25) is 0 Å². The first-order valence-electron chi connectivity index (χ1n) is 6.87. The molecular formula is C17H10F3N3O. The minimum absolute atomic E-state index is 0.274. The summed E-state index contributed by atoms with van der Waals surface area (Å²) in [7, 11) is 0. The third-order valence-corrected chi connectivity index (χ3v) is 3.19. The fraction of sp³-hybridized carbons (Fsp3) is 0.0588. The molecule has 7 heteroatoms. The SMILES string of the molecule is N#C/C(=C/c1ccc(OC(F)(F)F)cc1)c1nc2ccccc2[nH]1. The molecule has 0 amide bonds. The van der Waals surface area contributed by atoms with E-state index in [-0.39, 0.29) is 11.3 Å². The highest BCUT2D eigenvalue weighted by Gasteiger charge is 2.30. The lowest BCUT2D eigenvalue weighted by Crippen LogP contribution is -2.16. The van der Waals surface area contributed by atoms with Gasteiger partial charge in [0.25, 0.3) is 0 Å². The highest BCUT2D eigenvalue weighted by atomic mass is 19.4. The summed E-state index contributed by atoms with van der Waals surface area (Å²) < 4.78 is 40.2. The smallest absolute Gasteiger partial charge is 0.406 e. The lowest BCUT2D eigenvalue weighted by Gasteiger charge is -2.08. The van der Waals surface area contributed by atoms with Crippen molar-refractivity contribution in [2.24, 2.45) is 0 Å². The van der Waals surface area contributed by atoms with E-state index in [1.807, 2.05) is 30.3 Å². The number of aromatic nitrogens is 2. The molecule has 1 heterocycles. The number of nitrogens with one attached hydrogen (secondary N) is 1. The zero-order valence-electron chi connectivity index (χ0n) is 12.1. The maximum atomic E-state index is 12.1. The second kappa shape index (κ2) is 6.08. The van der Waals surface area contributed by atoms with Crippen LogP contribution < -0.4 is 4.74 Å². The van der Waals surface area contributed by atoms with Crippen LogP contribution in [0.5, 0.6) is 5.75 Å². The monoisotopic (exact) mass is 329 g/mol. The first-order valence-corrected chi connectivity index (χ1v) is 6.87. The molecule has 0 atom stereocenters. The number of para-hydroxylation sites is 2. The van der Waals surface area contributed by atoms with Crippen LogP contribution in [-0.2, 0) is 0 Å². The molecule has 0 unspecified atom stereocenters. The lowest BCUT2D eigenvalue weighted by atomic mass is 10.1. The maximum Gasteiger partial charge on any atom is 0.573 e. The Kier molecular flexibility index (Phi) is 3.96. The molecule has 0 fully saturated rings. The molecule has 0 aliphatic carbocycles. The molecule has 1 N–H and O–H groups in total. The van der Waals surface area contributed by atoms with Gasteiger partial charge in [-0.3, -0.25) is 0 Å². The Morgan fingerprint density at radius 1 is 1.12 bits per heavy atom. The van der Waals surface area contributed by atoms with Gasteiger partial charge < -0.3 is 9.72 Å². The zero-order valence-corrected chi connectivity index (χ0v) is 12.1. The van der Waals surface area contributed by atoms with Crippen LogP contribution in [0.15, 0.2) is 48.5 Å². The van der Waals surface area contributed by atoms with E-state index in [1.165, 1.54) is 30.3 Å². The molecule has 3 rings (SSSR count). The van der Waals surface area contributed by atoms with Crippen molar-refractivity contribution in [3.05, 3.63) is 59.9 Å².